The van der Waals surface area contributed by atoms with Gasteiger partial charge >= 0.3 is 0 Å². The van der Waals surface area contributed by atoms with Crippen molar-refractivity contribution in [2.24, 2.45) is 0 Å². The molecule has 0 unspecified atom stereocenters. The van der Waals surface area contributed by atoms with Crippen LogP contribution in [-0.4, -0.2) is 36.5 Å². The van der Waals surface area contributed by atoms with Gasteiger partial charge < -0.3 is 10.2 Å². The highest BCUT2D eigenvalue weighted by atomic mass is 79.9. The summed E-state index contributed by atoms with van der Waals surface area (Å²) >= 11 is 3.17. The topological polar surface area (TPSA) is 58.4 Å². The average molecular weight is 316 g/mol. The molecule has 0 saturated heterocycles. The molecule has 0 amide bonds. The van der Waals surface area contributed by atoms with Crippen molar-refractivity contribution in [3.8, 4) is 0 Å². The summed E-state index contributed by atoms with van der Waals surface area (Å²) in [6, 6.07) is 5.20. The second-order valence-corrected chi connectivity index (χ2v) is 4.97. The van der Waals surface area contributed by atoms with Crippen LogP contribution in [0.1, 0.15) is 12.5 Å². The molecule has 100 valence electrons. The number of hydrogen-bond donors (Lipinski definition) is 1. The standard InChI is InChI=1S/C12H18BrN3O2/c1-3-15(2)7-6-14-9-10-4-5-11(13)12(8-10)16(17)18/h4-5,8,14H,3,6-7,9H2,1-2H3. The molecule has 5 nitrogen and oxygen atoms in total. The maximum Gasteiger partial charge on any atom is 0.283 e. The summed E-state index contributed by atoms with van der Waals surface area (Å²) in [4.78, 5) is 12.6. The van der Waals surface area contributed by atoms with Crippen LogP contribution in [0.4, 0.5) is 5.69 Å². The molecule has 0 aliphatic carbocycles. The third-order valence-electron chi connectivity index (χ3n) is 2.75. The Hall–Kier alpha value is -0.980. The molecule has 0 aliphatic rings. The van der Waals surface area contributed by atoms with E-state index in [2.05, 4.69) is 40.1 Å². The monoisotopic (exact) mass is 315 g/mol. The minimum atomic E-state index is -0.377. The molecule has 0 bridgehead atoms. The molecule has 18 heavy (non-hydrogen) atoms. The fourth-order valence-corrected chi connectivity index (χ4v) is 1.86. The molecule has 1 N–H and O–H groups in total. The van der Waals surface area contributed by atoms with Gasteiger partial charge in [-0.25, -0.2) is 0 Å². The molecule has 0 atom stereocenters. The molecular formula is C12H18BrN3O2. The van der Waals surface area contributed by atoms with Crippen molar-refractivity contribution in [3.63, 3.8) is 0 Å². The number of likely N-dealkylation sites (N-methyl/N-ethyl adjacent to an activating group) is 1. The third-order valence-corrected chi connectivity index (χ3v) is 3.42. The molecule has 1 aromatic carbocycles. The summed E-state index contributed by atoms with van der Waals surface area (Å²) in [5.74, 6) is 0. The summed E-state index contributed by atoms with van der Waals surface area (Å²) in [5.41, 5.74) is 1.03. The quantitative estimate of drug-likeness (QED) is 0.477. The number of halogens is 1. The van der Waals surface area contributed by atoms with Crippen LogP contribution in [-0.2, 0) is 6.54 Å². The van der Waals surface area contributed by atoms with E-state index < -0.39 is 0 Å². The van der Waals surface area contributed by atoms with E-state index in [-0.39, 0.29) is 10.6 Å². The van der Waals surface area contributed by atoms with Gasteiger partial charge in [0, 0.05) is 25.7 Å². The molecule has 0 saturated carbocycles. The number of benzene rings is 1. The van der Waals surface area contributed by atoms with E-state index in [9.17, 15) is 10.1 Å². The van der Waals surface area contributed by atoms with Gasteiger partial charge in [0.25, 0.3) is 5.69 Å². The van der Waals surface area contributed by atoms with Gasteiger partial charge in [0.15, 0.2) is 0 Å². The van der Waals surface area contributed by atoms with Crippen molar-refractivity contribution in [3.05, 3.63) is 38.3 Å². The van der Waals surface area contributed by atoms with Crippen molar-refractivity contribution >= 4 is 21.6 Å². The zero-order valence-electron chi connectivity index (χ0n) is 10.6. The minimum Gasteiger partial charge on any atom is -0.311 e. The first kappa shape index (κ1) is 15.1. The van der Waals surface area contributed by atoms with Crippen molar-refractivity contribution in [1.82, 2.24) is 10.2 Å². The highest BCUT2D eigenvalue weighted by Gasteiger charge is 2.11. The van der Waals surface area contributed by atoms with E-state index in [4.69, 9.17) is 0 Å². The molecule has 0 heterocycles. The third kappa shape index (κ3) is 4.72. The van der Waals surface area contributed by atoms with Gasteiger partial charge in [-0.1, -0.05) is 13.0 Å². The predicted octanol–water partition coefficient (Wildman–Crippen LogP) is 2.40. The maximum atomic E-state index is 10.8. The van der Waals surface area contributed by atoms with Crippen molar-refractivity contribution in [1.29, 1.82) is 0 Å². The zero-order valence-corrected chi connectivity index (χ0v) is 12.2. The van der Waals surface area contributed by atoms with E-state index in [1.54, 1.807) is 12.1 Å². The lowest BCUT2D eigenvalue weighted by atomic mass is 10.2. The second kappa shape index (κ2) is 7.45. The van der Waals surface area contributed by atoms with Gasteiger partial charge in [-0.05, 0) is 41.2 Å². The van der Waals surface area contributed by atoms with Gasteiger partial charge in [-0.3, -0.25) is 10.1 Å². The van der Waals surface area contributed by atoms with Gasteiger partial charge in [-0.2, -0.15) is 0 Å². The summed E-state index contributed by atoms with van der Waals surface area (Å²) in [7, 11) is 2.06. The Balaban J connectivity index is 2.48. The van der Waals surface area contributed by atoms with Crippen LogP contribution in [0.5, 0.6) is 0 Å². The largest absolute Gasteiger partial charge is 0.311 e. The number of nitro benzene ring substituents is 1. The normalized spacial score (nSPS) is 10.9. The van der Waals surface area contributed by atoms with Gasteiger partial charge in [0.2, 0.25) is 0 Å². The lowest BCUT2D eigenvalue weighted by Crippen LogP contribution is -2.28. The van der Waals surface area contributed by atoms with Crippen LogP contribution < -0.4 is 5.32 Å². The highest BCUT2D eigenvalue weighted by Crippen LogP contribution is 2.25. The Morgan fingerprint density at radius 1 is 1.50 bits per heavy atom. The van der Waals surface area contributed by atoms with Crippen molar-refractivity contribution < 1.29 is 4.92 Å². The van der Waals surface area contributed by atoms with E-state index >= 15 is 0 Å². The smallest absolute Gasteiger partial charge is 0.283 e. The summed E-state index contributed by atoms with van der Waals surface area (Å²) < 4.78 is 0.516. The molecule has 6 heteroatoms. The molecular weight excluding hydrogens is 298 g/mol. The molecule has 0 aliphatic heterocycles. The number of hydrogen-bond acceptors (Lipinski definition) is 4. The Morgan fingerprint density at radius 2 is 2.22 bits per heavy atom. The maximum absolute atomic E-state index is 10.8. The number of nitro groups is 1. The molecule has 0 radical (unpaired) electrons. The molecule has 1 rings (SSSR count). The Bertz CT molecular complexity index is 412. The van der Waals surface area contributed by atoms with Crippen LogP contribution in [0.3, 0.4) is 0 Å². The fourth-order valence-electron chi connectivity index (χ4n) is 1.47. The van der Waals surface area contributed by atoms with Gasteiger partial charge in [0.1, 0.15) is 0 Å². The van der Waals surface area contributed by atoms with Crippen LogP contribution in [0.25, 0.3) is 0 Å². The van der Waals surface area contributed by atoms with Gasteiger partial charge in [-0.15, -0.1) is 0 Å². The van der Waals surface area contributed by atoms with Crippen LogP contribution >= 0.6 is 15.9 Å². The molecule has 1 aromatic rings. The minimum absolute atomic E-state index is 0.111. The lowest BCUT2D eigenvalue weighted by Gasteiger charge is -2.13. The Labute approximate surface area is 115 Å². The highest BCUT2D eigenvalue weighted by molar-refractivity contribution is 9.10. The first-order valence-corrected chi connectivity index (χ1v) is 6.66. The van der Waals surface area contributed by atoms with E-state index in [1.165, 1.54) is 0 Å². The zero-order chi connectivity index (χ0) is 13.5. The molecule has 0 fully saturated rings. The number of nitrogens with one attached hydrogen (secondary N) is 1. The van der Waals surface area contributed by atoms with Crippen LogP contribution in [0, 0.1) is 10.1 Å². The van der Waals surface area contributed by atoms with E-state index in [0.717, 1.165) is 25.2 Å². The average Bonchev–Trinajstić information content (AvgIpc) is 2.35. The van der Waals surface area contributed by atoms with Crippen molar-refractivity contribution in [2.45, 2.75) is 13.5 Å². The Morgan fingerprint density at radius 3 is 2.83 bits per heavy atom. The van der Waals surface area contributed by atoms with E-state index in [1.807, 2.05) is 6.07 Å². The molecule has 0 aromatic heterocycles. The number of nitrogens with zero attached hydrogens (tertiary/aromatic N) is 2. The fraction of sp³-hybridized carbons (Fsp3) is 0.500. The first-order chi connectivity index (χ1) is 8.54. The summed E-state index contributed by atoms with van der Waals surface area (Å²) in [6.07, 6.45) is 0. The van der Waals surface area contributed by atoms with Crippen molar-refractivity contribution in [2.75, 3.05) is 26.7 Å². The van der Waals surface area contributed by atoms with Crippen LogP contribution in [0.15, 0.2) is 22.7 Å². The second-order valence-electron chi connectivity index (χ2n) is 4.12. The summed E-state index contributed by atoms with van der Waals surface area (Å²) in [5, 5.41) is 14.1. The molecule has 0 spiro atoms. The van der Waals surface area contributed by atoms with E-state index in [0.29, 0.717) is 11.0 Å². The number of rotatable bonds is 7. The van der Waals surface area contributed by atoms with Gasteiger partial charge in [0.05, 0.1) is 9.40 Å². The summed E-state index contributed by atoms with van der Waals surface area (Å²) in [6.45, 7) is 5.61. The lowest BCUT2D eigenvalue weighted by molar-refractivity contribution is -0.385. The predicted molar refractivity (Wildman–Crippen MR) is 75.7 cm³/mol. The SMILES string of the molecule is CCN(C)CCNCc1ccc(Br)c([N+](=O)[O-])c1. The van der Waals surface area contributed by atoms with Crippen LogP contribution in [0.2, 0.25) is 0 Å². The first-order valence-electron chi connectivity index (χ1n) is 5.86. The Kier molecular flexibility index (Phi) is 6.24.